The highest BCUT2D eigenvalue weighted by atomic mass is 19.3. The maximum Gasteiger partial charge on any atom is 0.345 e. The molecule has 0 aliphatic rings. The smallest absolute Gasteiger partial charge is 0.333 e. The lowest BCUT2D eigenvalue weighted by Crippen LogP contribution is -2.39. The Morgan fingerprint density at radius 3 is 2.79 bits per heavy atom. The Hall–Kier alpha value is -2.82. The van der Waals surface area contributed by atoms with E-state index in [2.05, 4.69) is 35.9 Å². The van der Waals surface area contributed by atoms with Crippen molar-refractivity contribution in [1.29, 1.82) is 0 Å². The summed E-state index contributed by atoms with van der Waals surface area (Å²) in [5, 5.41) is 14.6. The maximum atomic E-state index is 11.9. The zero-order valence-electron chi connectivity index (χ0n) is 12.9. The molecule has 2 rings (SSSR count). The molecule has 9 nitrogen and oxygen atoms in total. The number of amides is 3. The molecular formula is C13H16F2N6O3. The van der Waals surface area contributed by atoms with Crippen molar-refractivity contribution >= 4 is 34.5 Å². The van der Waals surface area contributed by atoms with E-state index < -0.39 is 18.7 Å². The van der Waals surface area contributed by atoms with E-state index in [4.69, 9.17) is 0 Å². The molecule has 11 heteroatoms. The van der Waals surface area contributed by atoms with E-state index in [-0.39, 0.29) is 18.3 Å². The number of hydrogen-bond acceptors (Lipinski definition) is 5. The molecule has 0 spiro atoms. The van der Waals surface area contributed by atoms with Gasteiger partial charge in [-0.05, 0) is 6.92 Å². The minimum atomic E-state index is -2.89. The molecule has 0 aromatic carbocycles. The van der Waals surface area contributed by atoms with Crippen molar-refractivity contribution in [1.82, 2.24) is 20.5 Å². The highest BCUT2D eigenvalue weighted by Crippen LogP contribution is 2.21. The molecule has 0 aliphatic carbocycles. The molecule has 2 heterocycles. The lowest BCUT2D eigenvalue weighted by atomic mass is 10.3. The molecule has 0 aliphatic heterocycles. The standard InChI is InChI=1S/C13H16F2N6O3/c1-6(5-24-12(14)15)17-13(23)19-10-3-9-8(4-16-10)11(21-20-9)18-7(2)22/h3-4,6,12H,5H2,1-2H3,(H2,16,17,19,23)(H2,18,20,21,22)/t6-/m0/s1. The number of aromatic amines is 1. The summed E-state index contributed by atoms with van der Waals surface area (Å²) in [6.07, 6.45) is 1.43. The van der Waals surface area contributed by atoms with Crippen LogP contribution in [0.2, 0.25) is 0 Å². The van der Waals surface area contributed by atoms with E-state index in [1.807, 2.05) is 0 Å². The average molecular weight is 342 g/mol. The van der Waals surface area contributed by atoms with Crippen LogP contribution in [0.3, 0.4) is 0 Å². The van der Waals surface area contributed by atoms with Crippen LogP contribution in [0, 0.1) is 0 Å². The number of urea groups is 1. The van der Waals surface area contributed by atoms with Crippen LogP contribution in [0.25, 0.3) is 10.9 Å². The van der Waals surface area contributed by atoms with Gasteiger partial charge in [0, 0.05) is 19.2 Å². The Bertz CT molecular complexity index is 736. The first-order chi connectivity index (χ1) is 11.3. The fourth-order valence-electron chi connectivity index (χ4n) is 1.88. The topological polar surface area (TPSA) is 121 Å². The van der Waals surface area contributed by atoms with Gasteiger partial charge >= 0.3 is 12.6 Å². The highest BCUT2D eigenvalue weighted by Gasteiger charge is 2.12. The number of nitrogens with one attached hydrogen (secondary N) is 4. The molecule has 3 amide bonds. The third-order valence-electron chi connectivity index (χ3n) is 2.83. The van der Waals surface area contributed by atoms with Crippen molar-refractivity contribution in [2.24, 2.45) is 0 Å². The molecule has 4 N–H and O–H groups in total. The van der Waals surface area contributed by atoms with E-state index in [0.29, 0.717) is 16.7 Å². The monoisotopic (exact) mass is 342 g/mol. The van der Waals surface area contributed by atoms with Gasteiger partial charge in [0.05, 0.1) is 23.6 Å². The Morgan fingerprint density at radius 2 is 2.12 bits per heavy atom. The normalized spacial score (nSPS) is 12.2. The van der Waals surface area contributed by atoms with Crippen molar-refractivity contribution in [3.05, 3.63) is 12.3 Å². The summed E-state index contributed by atoms with van der Waals surface area (Å²) in [7, 11) is 0. The van der Waals surface area contributed by atoms with Crippen LogP contribution in [0.1, 0.15) is 13.8 Å². The minimum absolute atomic E-state index is 0.222. The molecule has 0 fully saturated rings. The molecule has 0 radical (unpaired) electrons. The summed E-state index contributed by atoms with van der Waals surface area (Å²) >= 11 is 0. The lowest BCUT2D eigenvalue weighted by molar-refractivity contribution is -0.132. The second-order valence-corrected chi connectivity index (χ2v) is 4.96. The Labute approximate surface area is 135 Å². The molecule has 0 saturated heterocycles. The van der Waals surface area contributed by atoms with Gasteiger partial charge in [-0.1, -0.05) is 0 Å². The van der Waals surface area contributed by atoms with Crippen molar-refractivity contribution in [3.63, 3.8) is 0 Å². The van der Waals surface area contributed by atoms with Crippen LogP contribution in [-0.4, -0.2) is 46.4 Å². The second kappa shape index (κ2) is 7.64. The van der Waals surface area contributed by atoms with Gasteiger partial charge in [0.2, 0.25) is 5.91 Å². The summed E-state index contributed by atoms with van der Waals surface area (Å²) in [6.45, 7) is -0.335. The van der Waals surface area contributed by atoms with Crippen molar-refractivity contribution in [3.8, 4) is 0 Å². The number of hydrogen-bond donors (Lipinski definition) is 4. The van der Waals surface area contributed by atoms with Crippen LogP contribution in [-0.2, 0) is 9.53 Å². The molecule has 130 valence electrons. The van der Waals surface area contributed by atoms with Crippen molar-refractivity contribution < 1.29 is 23.1 Å². The second-order valence-electron chi connectivity index (χ2n) is 4.96. The van der Waals surface area contributed by atoms with Gasteiger partial charge in [-0.3, -0.25) is 15.2 Å². The Balaban J connectivity index is 1.97. The molecule has 2 aromatic heterocycles. The number of H-pyrrole nitrogens is 1. The summed E-state index contributed by atoms with van der Waals surface area (Å²) in [4.78, 5) is 26.9. The molecule has 0 bridgehead atoms. The number of alkyl halides is 2. The van der Waals surface area contributed by atoms with E-state index in [9.17, 15) is 18.4 Å². The first kappa shape index (κ1) is 17.5. The van der Waals surface area contributed by atoms with E-state index in [0.717, 1.165) is 0 Å². The SMILES string of the molecule is CC(=O)Nc1n[nH]c2cc(NC(=O)N[C@@H](C)COC(F)F)ncc12. The largest absolute Gasteiger partial charge is 0.345 e. The van der Waals surface area contributed by atoms with Crippen LogP contribution in [0.15, 0.2) is 12.3 Å². The van der Waals surface area contributed by atoms with Gasteiger partial charge in [0.15, 0.2) is 5.82 Å². The number of nitrogens with zero attached hydrogens (tertiary/aromatic N) is 2. The van der Waals surface area contributed by atoms with Crippen LogP contribution in [0.4, 0.5) is 25.2 Å². The van der Waals surface area contributed by atoms with Crippen LogP contribution in [0.5, 0.6) is 0 Å². The first-order valence-corrected chi connectivity index (χ1v) is 6.94. The summed E-state index contributed by atoms with van der Waals surface area (Å²) in [5.41, 5.74) is 0.554. The number of aromatic nitrogens is 3. The number of carbonyl (C=O) groups is 2. The molecule has 0 saturated carbocycles. The van der Waals surface area contributed by atoms with Gasteiger partial charge in [0.1, 0.15) is 5.82 Å². The number of ether oxygens (including phenoxy) is 1. The number of anilines is 2. The van der Waals surface area contributed by atoms with Crippen molar-refractivity contribution in [2.45, 2.75) is 26.5 Å². The van der Waals surface area contributed by atoms with Gasteiger partial charge in [-0.2, -0.15) is 13.9 Å². The quantitative estimate of drug-likeness (QED) is 0.636. The van der Waals surface area contributed by atoms with E-state index in [1.54, 1.807) is 0 Å². The number of carbonyl (C=O) groups excluding carboxylic acids is 2. The minimum Gasteiger partial charge on any atom is -0.333 e. The molecule has 1 atom stereocenters. The zero-order valence-corrected chi connectivity index (χ0v) is 12.9. The zero-order chi connectivity index (χ0) is 17.7. The van der Waals surface area contributed by atoms with Crippen molar-refractivity contribution in [2.75, 3.05) is 17.2 Å². The van der Waals surface area contributed by atoms with E-state index in [1.165, 1.54) is 26.1 Å². The van der Waals surface area contributed by atoms with Crippen LogP contribution < -0.4 is 16.0 Å². The third-order valence-corrected chi connectivity index (χ3v) is 2.83. The fourth-order valence-corrected chi connectivity index (χ4v) is 1.88. The third kappa shape index (κ3) is 4.84. The average Bonchev–Trinajstić information content (AvgIpc) is 2.86. The number of fused-ring (bicyclic) bond motifs is 1. The predicted octanol–water partition coefficient (Wildman–Crippen LogP) is 1.67. The maximum absolute atomic E-state index is 11.9. The summed E-state index contributed by atoms with van der Waals surface area (Å²) in [5.74, 6) is 0.281. The predicted molar refractivity (Wildman–Crippen MR) is 81.8 cm³/mol. The lowest BCUT2D eigenvalue weighted by Gasteiger charge is -2.14. The summed E-state index contributed by atoms with van der Waals surface area (Å²) in [6, 6.07) is 0.295. The van der Waals surface area contributed by atoms with E-state index >= 15 is 0 Å². The summed E-state index contributed by atoms with van der Waals surface area (Å²) < 4.78 is 27.9. The van der Waals surface area contributed by atoms with Gasteiger partial charge in [0.25, 0.3) is 0 Å². The number of halogens is 2. The molecule has 24 heavy (non-hydrogen) atoms. The Morgan fingerprint density at radius 1 is 1.38 bits per heavy atom. The first-order valence-electron chi connectivity index (χ1n) is 6.94. The van der Waals surface area contributed by atoms with Gasteiger partial charge in [-0.15, -0.1) is 0 Å². The molecule has 2 aromatic rings. The van der Waals surface area contributed by atoms with Gasteiger partial charge < -0.3 is 15.4 Å². The van der Waals surface area contributed by atoms with Gasteiger partial charge in [-0.25, -0.2) is 9.78 Å². The number of rotatable bonds is 6. The number of pyridine rings is 1. The fraction of sp³-hybridized carbons (Fsp3) is 0.385. The molecule has 0 unspecified atom stereocenters. The highest BCUT2D eigenvalue weighted by molar-refractivity contribution is 5.99. The Kier molecular flexibility index (Phi) is 5.58. The van der Waals surface area contributed by atoms with Crippen LogP contribution >= 0.6 is 0 Å². The molecular weight excluding hydrogens is 326 g/mol.